The minimum absolute atomic E-state index is 0.0154. The van der Waals surface area contributed by atoms with Gasteiger partial charge in [-0.25, -0.2) is 0 Å². The van der Waals surface area contributed by atoms with Gasteiger partial charge in [-0.1, -0.05) is 42.5 Å². The van der Waals surface area contributed by atoms with Crippen LogP contribution < -0.4 is 10.6 Å². The van der Waals surface area contributed by atoms with E-state index in [1.807, 2.05) is 30.4 Å². The number of nitrogens with one attached hydrogen (secondary N) is 1. The third-order valence-corrected chi connectivity index (χ3v) is 3.85. The summed E-state index contributed by atoms with van der Waals surface area (Å²) in [6, 6.07) is 17.1. The van der Waals surface area contributed by atoms with Crippen molar-refractivity contribution in [2.75, 3.05) is 5.32 Å². The van der Waals surface area contributed by atoms with Crippen LogP contribution in [0.5, 0.6) is 0 Å². The van der Waals surface area contributed by atoms with Gasteiger partial charge in [-0.2, -0.15) is 0 Å². The molecular weight excluding hydrogens is 288 g/mol. The third kappa shape index (κ3) is 4.76. The number of amides is 1. The first-order valence-corrected chi connectivity index (χ1v) is 7.79. The lowest BCUT2D eigenvalue weighted by Gasteiger charge is -2.17. The fraction of sp³-hybridized carbons (Fsp3) is 0.263. The molecule has 2 rings (SSSR count). The first-order chi connectivity index (χ1) is 11.0. The number of anilines is 1. The van der Waals surface area contributed by atoms with E-state index >= 15 is 0 Å². The van der Waals surface area contributed by atoms with Gasteiger partial charge in [0.25, 0.3) is 5.91 Å². The molecule has 0 saturated carbocycles. The molecule has 2 aromatic carbocycles. The van der Waals surface area contributed by atoms with E-state index in [1.54, 1.807) is 24.3 Å². The first-order valence-electron chi connectivity index (χ1n) is 7.79. The largest absolute Gasteiger partial charge is 0.330 e. The summed E-state index contributed by atoms with van der Waals surface area (Å²) >= 11 is 0. The van der Waals surface area contributed by atoms with E-state index in [1.165, 1.54) is 12.5 Å². The molecule has 0 unspecified atom stereocenters. The second kappa shape index (κ2) is 7.70. The minimum atomic E-state index is -0.230. The summed E-state index contributed by atoms with van der Waals surface area (Å²) in [5, 5.41) is 4.90. The fourth-order valence-electron chi connectivity index (χ4n) is 2.46. The maximum Gasteiger partial charge on any atom is 0.282 e. The molecule has 4 nitrogen and oxygen atoms in total. The zero-order valence-electron chi connectivity index (χ0n) is 13.7. The maximum atomic E-state index is 12.3. The number of quaternary nitrogens is 1. The molecule has 2 aromatic rings. The van der Waals surface area contributed by atoms with Crippen molar-refractivity contribution in [2.45, 2.75) is 32.9 Å². The van der Waals surface area contributed by atoms with Crippen LogP contribution in [0, 0.1) is 0 Å². The normalized spacial score (nSPS) is 13.2. The molecule has 4 heteroatoms. The molecule has 0 heterocycles. The smallest absolute Gasteiger partial charge is 0.282 e. The second-order valence-corrected chi connectivity index (χ2v) is 5.81. The van der Waals surface area contributed by atoms with Crippen LogP contribution in [0.25, 0.3) is 0 Å². The lowest BCUT2D eigenvalue weighted by atomic mass is 10.1. The van der Waals surface area contributed by atoms with E-state index in [4.69, 9.17) is 0 Å². The highest BCUT2D eigenvalue weighted by molar-refractivity contribution is 5.97. The maximum absolute atomic E-state index is 12.3. The van der Waals surface area contributed by atoms with Crippen LogP contribution in [0.15, 0.2) is 54.6 Å². The number of nitrogens with two attached hydrogens (primary N) is 1. The molecule has 0 aliphatic heterocycles. The van der Waals surface area contributed by atoms with E-state index in [2.05, 4.69) is 24.4 Å². The zero-order valence-corrected chi connectivity index (χ0v) is 13.7. The Morgan fingerprint density at radius 3 is 2.35 bits per heavy atom. The summed E-state index contributed by atoms with van der Waals surface area (Å²) in [4.78, 5) is 23.7. The third-order valence-electron chi connectivity index (χ3n) is 3.85. The van der Waals surface area contributed by atoms with E-state index in [0.717, 1.165) is 0 Å². The summed E-state index contributed by atoms with van der Waals surface area (Å²) in [6.45, 7) is 5.47. The van der Waals surface area contributed by atoms with Gasteiger partial charge in [0.2, 0.25) is 0 Å². The van der Waals surface area contributed by atoms with Crippen LogP contribution in [0.1, 0.15) is 42.7 Å². The highest BCUT2D eigenvalue weighted by Crippen LogP contribution is 2.11. The number of hydrogen-bond acceptors (Lipinski definition) is 2. The molecule has 0 radical (unpaired) electrons. The Balaban J connectivity index is 1.97. The number of Topliss-reactive ketones (excluding diaryl/α,β-unsaturated/α-hetero) is 1. The van der Waals surface area contributed by atoms with Gasteiger partial charge in [0.15, 0.2) is 11.8 Å². The molecule has 0 bridgehead atoms. The van der Waals surface area contributed by atoms with Crippen molar-refractivity contribution >= 4 is 17.4 Å². The van der Waals surface area contributed by atoms with Crippen molar-refractivity contribution in [3.63, 3.8) is 0 Å². The Hall–Kier alpha value is -2.46. The van der Waals surface area contributed by atoms with Crippen LogP contribution in [0.3, 0.4) is 0 Å². The standard InChI is InChI=1S/C19H22N2O2/c1-13(16-8-5-4-6-9-16)20-14(2)19(23)21-18-11-7-10-17(12-18)15(3)22/h4-14,20H,1-3H3,(H,21,23)/p+1/t13-,14-/m1/s1. The Morgan fingerprint density at radius 1 is 1.00 bits per heavy atom. The Bertz CT molecular complexity index is 683. The predicted molar refractivity (Wildman–Crippen MR) is 91.3 cm³/mol. The molecule has 2 atom stereocenters. The van der Waals surface area contributed by atoms with Gasteiger partial charge in [-0.15, -0.1) is 0 Å². The lowest BCUT2D eigenvalue weighted by Crippen LogP contribution is -2.91. The summed E-state index contributed by atoms with van der Waals surface area (Å²) < 4.78 is 0. The van der Waals surface area contributed by atoms with Crippen LogP contribution in [-0.4, -0.2) is 17.7 Å². The summed E-state index contributed by atoms with van der Waals surface area (Å²) in [6.07, 6.45) is 0. The summed E-state index contributed by atoms with van der Waals surface area (Å²) in [5.41, 5.74) is 2.43. The van der Waals surface area contributed by atoms with E-state index in [0.29, 0.717) is 11.3 Å². The molecule has 0 fully saturated rings. The molecule has 0 aromatic heterocycles. The average Bonchev–Trinajstić information content (AvgIpc) is 2.55. The zero-order chi connectivity index (χ0) is 16.8. The van der Waals surface area contributed by atoms with E-state index < -0.39 is 0 Å². The number of carbonyl (C=O) groups excluding carboxylic acids is 2. The number of ketones is 1. The molecule has 23 heavy (non-hydrogen) atoms. The molecule has 0 saturated heterocycles. The van der Waals surface area contributed by atoms with Gasteiger partial charge in [-0.05, 0) is 32.9 Å². The predicted octanol–water partition coefficient (Wildman–Crippen LogP) is 2.54. The molecule has 0 spiro atoms. The second-order valence-electron chi connectivity index (χ2n) is 5.81. The summed E-state index contributed by atoms with van der Waals surface area (Å²) in [5.74, 6) is -0.0908. The molecule has 0 aliphatic carbocycles. The van der Waals surface area contributed by atoms with E-state index in [9.17, 15) is 9.59 Å². The van der Waals surface area contributed by atoms with Crippen molar-refractivity contribution in [1.82, 2.24) is 0 Å². The molecular formula is C19H23N2O2+. The summed E-state index contributed by atoms with van der Waals surface area (Å²) in [7, 11) is 0. The number of hydrogen-bond donors (Lipinski definition) is 2. The van der Waals surface area contributed by atoms with Crippen molar-refractivity contribution in [1.29, 1.82) is 0 Å². The Labute approximate surface area is 136 Å². The van der Waals surface area contributed by atoms with Crippen LogP contribution in [0.4, 0.5) is 5.69 Å². The van der Waals surface area contributed by atoms with Crippen molar-refractivity contribution in [3.8, 4) is 0 Å². The fourth-order valence-corrected chi connectivity index (χ4v) is 2.46. The Morgan fingerprint density at radius 2 is 1.70 bits per heavy atom. The highest BCUT2D eigenvalue weighted by Gasteiger charge is 2.20. The quantitative estimate of drug-likeness (QED) is 0.805. The topological polar surface area (TPSA) is 62.8 Å². The van der Waals surface area contributed by atoms with Crippen molar-refractivity contribution < 1.29 is 14.9 Å². The van der Waals surface area contributed by atoms with Crippen molar-refractivity contribution in [3.05, 3.63) is 65.7 Å². The minimum Gasteiger partial charge on any atom is -0.330 e. The van der Waals surface area contributed by atoms with Gasteiger partial charge in [-0.3, -0.25) is 9.59 Å². The van der Waals surface area contributed by atoms with E-state index in [-0.39, 0.29) is 23.8 Å². The van der Waals surface area contributed by atoms with Crippen LogP contribution in [-0.2, 0) is 4.79 Å². The number of benzene rings is 2. The van der Waals surface area contributed by atoms with Crippen LogP contribution in [0.2, 0.25) is 0 Å². The van der Waals surface area contributed by atoms with Gasteiger partial charge < -0.3 is 10.6 Å². The Kier molecular flexibility index (Phi) is 5.66. The molecule has 1 amide bonds. The average molecular weight is 311 g/mol. The monoisotopic (exact) mass is 311 g/mol. The lowest BCUT2D eigenvalue weighted by molar-refractivity contribution is -0.709. The SMILES string of the molecule is CC(=O)c1cccc(NC(=O)[C@@H](C)[NH2+][C@H](C)c2ccccc2)c1. The molecule has 0 aliphatic rings. The van der Waals surface area contributed by atoms with Gasteiger partial charge >= 0.3 is 0 Å². The molecule has 3 N–H and O–H groups in total. The van der Waals surface area contributed by atoms with Crippen molar-refractivity contribution in [2.24, 2.45) is 0 Å². The number of rotatable bonds is 6. The van der Waals surface area contributed by atoms with Gasteiger partial charge in [0, 0.05) is 16.8 Å². The molecule has 120 valence electrons. The van der Waals surface area contributed by atoms with Gasteiger partial charge in [0.05, 0.1) is 0 Å². The first kappa shape index (κ1) is 16.9. The van der Waals surface area contributed by atoms with Gasteiger partial charge in [0.1, 0.15) is 6.04 Å². The van der Waals surface area contributed by atoms with Crippen LogP contribution >= 0.6 is 0 Å². The number of carbonyl (C=O) groups is 2. The highest BCUT2D eigenvalue weighted by atomic mass is 16.2.